The van der Waals surface area contributed by atoms with Crippen LogP contribution in [0.2, 0.25) is 5.02 Å². The molecule has 1 aliphatic rings. The molecule has 1 N–H and O–H groups in total. The summed E-state index contributed by atoms with van der Waals surface area (Å²) in [4.78, 5) is 18.9. The molecule has 0 spiro atoms. The molecule has 1 amide bonds. The van der Waals surface area contributed by atoms with Gasteiger partial charge in [-0.15, -0.1) is 5.10 Å². The average Bonchev–Trinajstić information content (AvgIpc) is 2.58. The van der Waals surface area contributed by atoms with E-state index in [0.29, 0.717) is 43.6 Å². The van der Waals surface area contributed by atoms with Crippen molar-refractivity contribution in [3.05, 3.63) is 35.2 Å². The Bertz CT molecular complexity index is 707. The van der Waals surface area contributed by atoms with Gasteiger partial charge in [-0.25, -0.2) is 4.39 Å². The Labute approximate surface area is 137 Å². The van der Waals surface area contributed by atoms with Crippen molar-refractivity contribution in [2.24, 2.45) is 0 Å². The van der Waals surface area contributed by atoms with Crippen molar-refractivity contribution in [3.63, 3.8) is 0 Å². The maximum absolute atomic E-state index is 13.2. The van der Waals surface area contributed by atoms with E-state index in [-0.39, 0.29) is 5.02 Å². The number of amides is 1. The number of halogens is 2. The van der Waals surface area contributed by atoms with Gasteiger partial charge in [0.1, 0.15) is 5.82 Å². The summed E-state index contributed by atoms with van der Waals surface area (Å²) in [5.74, 6) is 0.474. The summed E-state index contributed by atoms with van der Waals surface area (Å²) in [5, 5.41) is 10.8. The number of benzene rings is 1. The van der Waals surface area contributed by atoms with Crippen LogP contribution in [-0.2, 0) is 4.79 Å². The van der Waals surface area contributed by atoms with Gasteiger partial charge in [0, 0.05) is 31.9 Å². The third-order valence-corrected chi connectivity index (χ3v) is 3.80. The second-order valence-corrected chi connectivity index (χ2v) is 5.43. The zero-order chi connectivity index (χ0) is 16.2. The fraction of sp³-hybridized carbons (Fsp3) is 0.286. The molecule has 0 radical (unpaired) electrons. The normalized spacial score (nSPS) is 14.7. The van der Waals surface area contributed by atoms with Gasteiger partial charge >= 0.3 is 0 Å². The van der Waals surface area contributed by atoms with E-state index in [1.807, 2.05) is 4.90 Å². The maximum atomic E-state index is 13.2. The van der Waals surface area contributed by atoms with Gasteiger partial charge in [-0.2, -0.15) is 10.1 Å². The predicted octanol–water partition coefficient (Wildman–Crippen LogP) is 1.69. The zero-order valence-electron chi connectivity index (χ0n) is 12.1. The molecule has 2 aromatic rings. The van der Waals surface area contributed by atoms with E-state index in [4.69, 9.17) is 11.6 Å². The van der Waals surface area contributed by atoms with Crippen molar-refractivity contribution in [2.45, 2.75) is 0 Å². The van der Waals surface area contributed by atoms with E-state index in [2.05, 4.69) is 20.5 Å². The number of rotatable bonds is 4. The van der Waals surface area contributed by atoms with Gasteiger partial charge < -0.3 is 15.1 Å². The molecule has 1 saturated heterocycles. The molecular weight excluding hydrogens is 323 g/mol. The van der Waals surface area contributed by atoms with Crippen LogP contribution >= 0.6 is 11.6 Å². The molecular formula is C14H14ClFN6O. The molecule has 0 bridgehead atoms. The summed E-state index contributed by atoms with van der Waals surface area (Å²) in [6.07, 6.45) is 2.42. The van der Waals surface area contributed by atoms with Crippen molar-refractivity contribution in [1.82, 2.24) is 20.1 Å². The number of carbonyl (C=O) groups excluding carboxylic acids is 1. The number of anilines is 3. The van der Waals surface area contributed by atoms with Gasteiger partial charge in [0.25, 0.3) is 0 Å². The highest BCUT2D eigenvalue weighted by atomic mass is 35.5. The minimum Gasteiger partial charge on any atom is -0.352 e. The minimum absolute atomic E-state index is 0.0177. The Morgan fingerprint density at radius 2 is 2.04 bits per heavy atom. The number of hydrogen-bond donors (Lipinski definition) is 1. The summed E-state index contributed by atoms with van der Waals surface area (Å²) < 4.78 is 13.2. The van der Waals surface area contributed by atoms with Crippen molar-refractivity contribution in [3.8, 4) is 0 Å². The van der Waals surface area contributed by atoms with Gasteiger partial charge in [-0.1, -0.05) is 11.6 Å². The van der Waals surface area contributed by atoms with Crippen LogP contribution in [0.4, 0.5) is 21.8 Å². The second-order valence-electron chi connectivity index (χ2n) is 5.02. The van der Waals surface area contributed by atoms with Crippen molar-refractivity contribution in [1.29, 1.82) is 0 Å². The topological polar surface area (TPSA) is 74.2 Å². The molecule has 1 fully saturated rings. The molecule has 9 heteroatoms. The molecule has 7 nitrogen and oxygen atoms in total. The summed E-state index contributed by atoms with van der Waals surface area (Å²) >= 11 is 5.75. The van der Waals surface area contributed by atoms with Gasteiger partial charge in [0.2, 0.25) is 12.4 Å². The van der Waals surface area contributed by atoms with Gasteiger partial charge in [0.15, 0.2) is 5.82 Å². The minimum atomic E-state index is -0.488. The Balaban J connectivity index is 1.72. The van der Waals surface area contributed by atoms with Crippen LogP contribution in [0.3, 0.4) is 0 Å². The second kappa shape index (κ2) is 6.74. The van der Waals surface area contributed by atoms with Crippen LogP contribution in [0.5, 0.6) is 0 Å². The first-order valence-electron chi connectivity index (χ1n) is 7.02. The lowest BCUT2D eigenvalue weighted by atomic mass is 10.3. The lowest BCUT2D eigenvalue weighted by molar-refractivity contribution is -0.118. The van der Waals surface area contributed by atoms with E-state index in [1.54, 1.807) is 17.2 Å². The largest absolute Gasteiger partial charge is 0.352 e. The first kappa shape index (κ1) is 15.4. The third kappa shape index (κ3) is 3.65. The van der Waals surface area contributed by atoms with Crippen LogP contribution in [0.25, 0.3) is 0 Å². The Kier molecular flexibility index (Phi) is 4.52. The predicted molar refractivity (Wildman–Crippen MR) is 84.4 cm³/mol. The Morgan fingerprint density at radius 3 is 2.74 bits per heavy atom. The van der Waals surface area contributed by atoms with Crippen molar-refractivity contribution < 1.29 is 9.18 Å². The highest BCUT2D eigenvalue weighted by molar-refractivity contribution is 6.31. The number of carbonyl (C=O) groups is 1. The number of piperazine rings is 1. The average molecular weight is 337 g/mol. The number of nitrogens with one attached hydrogen (secondary N) is 1. The van der Waals surface area contributed by atoms with E-state index in [1.165, 1.54) is 12.1 Å². The fourth-order valence-electron chi connectivity index (χ4n) is 2.26. The van der Waals surface area contributed by atoms with Crippen LogP contribution in [0.1, 0.15) is 0 Å². The first-order valence-corrected chi connectivity index (χ1v) is 7.39. The van der Waals surface area contributed by atoms with Crippen LogP contribution in [0, 0.1) is 5.82 Å². The lowest BCUT2D eigenvalue weighted by Crippen LogP contribution is -2.46. The standard InChI is InChI=1S/C14H14ClFN6O/c15-11-7-10(1-2-12(11)16)18-14-19-13(8-17-20-14)22-5-3-21(9-23)4-6-22/h1-2,7-9H,3-6H2,(H,18,19,20). The van der Waals surface area contributed by atoms with Gasteiger partial charge in [-0.05, 0) is 18.2 Å². The SMILES string of the molecule is O=CN1CCN(c2cnnc(Nc3ccc(F)c(Cl)c3)n2)CC1. The molecule has 0 unspecified atom stereocenters. The molecule has 0 saturated carbocycles. The fourth-order valence-corrected chi connectivity index (χ4v) is 2.44. The number of nitrogens with zero attached hydrogens (tertiary/aromatic N) is 5. The van der Waals surface area contributed by atoms with Gasteiger partial charge in [-0.3, -0.25) is 4.79 Å². The monoisotopic (exact) mass is 336 g/mol. The van der Waals surface area contributed by atoms with E-state index in [9.17, 15) is 9.18 Å². The summed E-state index contributed by atoms with van der Waals surface area (Å²) in [7, 11) is 0. The quantitative estimate of drug-likeness (QED) is 0.856. The van der Waals surface area contributed by atoms with Gasteiger partial charge in [0.05, 0.1) is 11.2 Å². The lowest BCUT2D eigenvalue weighted by Gasteiger charge is -2.33. The molecule has 1 aromatic carbocycles. The first-order chi connectivity index (χ1) is 11.2. The van der Waals surface area contributed by atoms with Crippen LogP contribution in [0.15, 0.2) is 24.4 Å². The summed E-state index contributed by atoms with van der Waals surface area (Å²) in [5.41, 5.74) is 0.570. The highest BCUT2D eigenvalue weighted by Crippen LogP contribution is 2.22. The molecule has 1 aromatic heterocycles. The van der Waals surface area contributed by atoms with Crippen molar-refractivity contribution >= 4 is 35.5 Å². The highest BCUT2D eigenvalue weighted by Gasteiger charge is 2.17. The molecule has 1 aliphatic heterocycles. The molecule has 0 aliphatic carbocycles. The molecule has 0 atom stereocenters. The zero-order valence-corrected chi connectivity index (χ0v) is 12.9. The Hall–Kier alpha value is -2.48. The number of hydrogen-bond acceptors (Lipinski definition) is 6. The summed E-state index contributed by atoms with van der Waals surface area (Å²) in [6, 6.07) is 4.26. The third-order valence-electron chi connectivity index (χ3n) is 3.51. The molecule has 120 valence electrons. The van der Waals surface area contributed by atoms with E-state index >= 15 is 0 Å². The number of aromatic nitrogens is 3. The van der Waals surface area contributed by atoms with Crippen LogP contribution in [-0.4, -0.2) is 52.7 Å². The molecule has 3 rings (SSSR count). The maximum Gasteiger partial charge on any atom is 0.249 e. The van der Waals surface area contributed by atoms with Crippen molar-refractivity contribution in [2.75, 3.05) is 36.4 Å². The Morgan fingerprint density at radius 1 is 1.26 bits per heavy atom. The van der Waals surface area contributed by atoms with Crippen LogP contribution < -0.4 is 10.2 Å². The smallest absolute Gasteiger partial charge is 0.249 e. The molecule has 23 heavy (non-hydrogen) atoms. The van der Waals surface area contributed by atoms with E-state index in [0.717, 1.165) is 6.41 Å². The van der Waals surface area contributed by atoms with E-state index < -0.39 is 5.82 Å². The summed E-state index contributed by atoms with van der Waals surface area (Å²) in [6.45, 7) is 2.65. The molecule has 2 heterocycles.